The molecule has 24 heavy (non-hydrogen) atoms. The number of β-amino-alcohol motifs (C(OH)–C–C–N with tert-alkyl or cyclic N) is 1. The van der Waals surface area contributed by atoms with E-state index in [9.17, 15) is 9.50 Å². The van der Waals surface area contributed by atoms with Crippen LogP contribution in [0.1, 0.15) is 6.42 Å². The number of ether oxygens (including phenoxy) is 2. The van der Waals surface area contributed by atoms with E-state index in [1.165, 1.54) is 12.1 Å². The Morgan fingerprint density at radius 3 is 3.08 bits per heavy atom. The molecule has 2 N–H and O–H groups in total. The average Bonchev–Trinajstić information content (AvgIpc) is 2.99. The summed E-state index contributed by atoms with van der Waals surface area (Å²) >= 11 is 0. The second-order valence-corrected chi connectivity index (χ2v) is 5.88. The van der Waals surface area contributed by atoms with E-state index < -0.39 is 11.9 Å². The van der Waals surface area contributed by atoms with Crippen LogP contribution in [-0.2, 0) is 4.74 Å². The molecule has 1 saturated heterocycles. The molecule has 0 bridgehead atoms. The minimum absolute atomic E-state index is 0.114. The number of hydrogen-bond acceptors (Lipinski definition) is 5. The van der Waals surface area contributed by atoms with Gasteiger partial charge >= 0.3 is 0 Å². The first kappa shape index (κ1) is 16.9. The third-order valence-electron chi connectivity index (χ3n) is 3.91. The summed E-state index contributed by atoms with van der Waals surface area (Å²) in [5, 5.41) is 16.8. The molecule has 0 spiro atoms. The third-order valence-corrected chi connectivity index (χ3v) is 3.91. The fourth-order valence-corrected chi connectivity index (χ4v) is 2.74. The Hall–Kier alpha value is -1.96. The van der Waals surface area contributed by atoms with Crippen LogP contribution < -0.4 is 4.74 Å². The molecule has 1 aromatic heterocycles. The van der Waals surface area contributed by atoms with Crippen molar-refractivity contribution in [3.63, 3.8) is 0 Å². The number of rotatable bonds is 6. The molecule has 1 atom stereocenters. The molecule has 2 heterocycles. The number of aromatic amines is 1. The van der Waals surface area contributed by atoms with Gasteiger partial charge in [-0.3, -0.25) is 10.00 Å². The number of H-pyrrole nitrogens is 1. The topological polar surface area (TPSA) is 70.6 Å². The van der Waals surface area contributed by atoms with Crippen LogP contribution in [0.25, 0.3) is 11.3 Å². The summed E-state index contributed by atoms with van der Waals surface area (Å²) in [6.07, 6.45) is 1.93. The zero-order chi connectivity index (χ0) is 16.8. The smallest absolute Gasteiger partial charge is 0.127 e. The molecule has 3 rings (SSSR count). The van der Waals surface area contributed by atoms with Gasteiger partial charge < -0.3 is 14.6 Å². The lowest BCUT2D eigenvalue weighted by Crippen LogP contribution is -2.37. The van der Waals surface area contributed by atoms with Crippen LogP contribution in [0.4, 0.5) is 4.39 Å². The maximum atomic E-state index is 13.8. The molecule has 1 aromatic carbocycles. The molecule has 2 aromatic rings. The predicted molar refractivity (Wildman–Crippen MR) is 87.4 cm³/mol. The highest BCUT2D eigenvalue weighted by Crippen LogP contribution is 2.24. The quantitative estimate of drug-likeness (QED) is 0.840. The predicted octanol–water partition coefficient (Wildman–Crippen LogP) is 1.68. The number of halogens is 1. The number of aromatic nitrogens is 2. The molecular weight excluding hydrogens is 313 g/mol. The van der Waals surface area contributed by atoms with Gasteiger partial charge in [-0.2, -0.15) is 5.10 Å². The molecule has 0 saturated carbocycles. The molecule has 1 unspecified atom stereocenters. The van der Waals surface area contributed by atoms with Crippen LogP contribution in [0, 0.1) is 5.82 Å². The van der Waals surface area contributed by atoms with E-state index in [0.29, 0.717) is 30.2 Å². The van der Waals surface area contributed by atoms with Crippen LogP contribution >= 0.6 is 0 Å². The minimum atomic E-state index is -0.637. The van der Waals surface area contributed by atoms with E-state index in [4.69, 9.17) is 9.47 Å². The van der Waals surface area contributed by atoms with Crippen molar-refractivity contribution in [3.8, 4) is 17.0 Å². The molecule has 0 amide bonds. The van der Waals surface area contributed by atoms with E-state index in [2.05, 4.69) is 15.1 Å². The maximum absolute atomic E-state index is 13.8. The molecule has 0 aliphatic carbocycles. The average molecular weight is 335 g/mol. The Morgan fingerprint density at radius 1 is 1.33 bits per heavy atom. The fourth-order valence-electron chi connectivity index (χ4n) is 2.74. The highest BCUT2D eigenvalue weighted by atomic mass is 19.1. The molecular formula is C17H22FN3O3. The summed E-state index contributed by atoms with van der Waals surface area (Å²) in [5.74, 6) is -0.00546. The first-order valence-corrected chi connectivity index (χ1v) is 8.12. The summed E-state index contributed by atoms with van der Waals surface area (Å²) in [7, 11) is 0. The summed E-state index contributed by atoms with van der Waals surface area (Å²) < 4.78 is 24.7. The molecule has 1 fully saturated rings. The van der Waals surface area contributed by atoms with Gasteiger partial charge in [0.2, 0.25) is 0 Å². The van der Waals surface area contributed by atoms with Gasteiger partial charge in [-0.1, -0.05) is 0 Å². The Labute approximate surface area is 140 Å². The fraction of sp³-hybridized carbons (Fsp3) is 0.471. The van der Waals surface area contributed by atoms with Crippen LogP contribution in [0.5, 0.6) is 5.75 Å². The minimum Gasteiger partial charge on any atom is -0.491 e. The van der Waals surface area contributed by atoms with Crippen molar-refractivity contribution in [3.05, 3.63) is 36.3 Å². The standard InChI is InChI=1S/C17H22FN3O3/c18-14-8-13(17-2-3-19-20-17)9-16(10-14)24-12-15(22)11-21-4-1-6-23-7-5-21/h2-3,8-10,15,22H,1,4-7,11-12H2,(H,19,20). The monoisotopic (exact) mass is 335 g/mol. The third kappa shape index (κ3) is 4.77. The second-order valence-electron chi connectivity index (χ2n) is 5.88. The Bertz CT molecular complexity index is 628. The van der Waals surface area contributed by atoms with Gasteiger partial charge in [0.15, 0.2) is 0 Å². The number of hydrogen-bond donors (Lipinski definition) is 2. The molecule has 6 nitrogen and oxygen atoms in total. The van der Waals surface area contributed by atoms with Crippen LogP contribution in [0.2, 0.25) is 0 Å². The van der Waals surface area contributed by atoms with Crippen molar-refractivity contribution in [1.82, 2.24) is 15.1 Å². The SMILES string of the molecule is OC(COc1cc(F)cc(-c2ccn[nH]2)c1)CN1CCCOCC1. The summed E-state index contributed by atoms with van der Waals surface area (Å²) in [5.41, 5.74) is 1.37. The van der Waals surface area contributed by atoms with Crippen molar-refractivity contribution in [1.29, 1.82) is 0 Å². The van der Waals surface area contributed by atoms with E-state index in [-0.39, 0.29) is 6.61 Å². The number of aliphatic hydroxyl groups is 1. The van der Waals surface area contributed by atoms with Crippen LogP contribution in [-0.4, -0.2) is 65.8 Å². The number of benzene rings is 1. The lowest BCUT2D eigenvalue weighted by molar-refractivity contribution is 0.0657. The first-order chi connectivity index (χ1) is 11.7. The lowest BCUT2D eigenvalue weighted by atomic mass is 10.1. The Balaban J connectivity index is 1.55. The number of aliphatic hydroxyl groups excluding tert-OH is 1. The van der Waals surface area contributed by atoms with E-state index in [1.54, 1.807) is 18.3 Å². The number of nitrogens with one attached hydrogen (secondary N) is 1. The van der Waals surface area contributed by atoms with Gasteiger partial charge in [-0.15, -0.1) is 0 Å². The van der Waals surface area contributed by atoms with E-state index in [0.717, 1.165) is 26.1 Å². The highest BCUT2D eigenvalue weighted by molar-refractivity contribution is 5.60. The molecule has 0 radical (unpaired) electrons. The second kappa shape index (κ2) is 8.23. The summed E-state index contributed by atoms with van der Waals surface area (Å²) in [4.78, 5) is 2.16. The van der Waals surface area contributed by atoms with Crippen molar-refractivity contribution < 1.29 is 19.0 Å². The van der Waals surface area contributed by atoms with Gasteiger partial charge in [0.1, 0.15) is 24.3 Å². The van der Waals surface area contributed by atoms with Gasteiger partial charge in [-0.05, 0) is 24.6 Å². The van der Waals surface area contributed by atoms with Crippen molar-refractivity contribution in [2.75, 3.05) is 39.5 Å². The van der Waals surface area contributed by atoms with Crippen molar-refractivity contribution in [2.24, 2.45) is 0 Å². The molecule has 1 aliphatic heterocycles. The Kier molecular flexibility index (Phi) is 5.79. The van der Waals surface area contributed by atoms with E-state index in [1.807, 2.05) is 0 Å². The highest BCUT2D eigenvalue weighted by Gasteiger charge is 2.15. The van der Waals surface area contributed by atoms with Crippen molar-refractivity contribution >= 4 is 0 Å². The molecule has 130 valence electrons. The zero-order valence-electron chi connectivity index (χ0n) is 13.4. The summed E-state index contributed by atoms with van der Waals surface area (Å²) in [6, 6.07) is 6.21. The lowest BCUT2D eigenvalue weighted by Gasteiger charge is -2.22. The molecule has 1 aliphatic rings. The van der Waals surface area contributed by atoms with Crippen LogP contribution in [0.15, 0.2) is 30.5 Å². The largest absolute Gasteiger partial charge is 0.491 e. The molecule has 7 heteroatoms. The van der Waals surface area contributed by atoms with Crippen molar-refractivity contribution in [2.45, 2.75) is 12.5 Å². The number of nitrogens with zero attached hydrogens (tertiary/aromatic N) is 2. The van der Waals surface area contributed by atoms with Gasteiger partial charge in [0, 0.05) is 44.1 Å². The van der Waals surface area contributed by atoms with E-state index >= 15 is 0 Å². The Morgan fingerprint density at radius 2 is 2.25 bits per heavy atom. The maximum Gasteiger partial charge on any atom is 0.127 e. The first-order valence-electron chi connectivity index (χ1n) is 8.12. The van der Waals surface area contributed by atoms with Gasteiger partial charge in [0.05, 0.1) is 12.3 Å². The summed E-state index contributed by atoms with van der Waals surface area (Å²) in [6.45, 7) is 3.80. The van der Waals surface area contributed by atoms with Crippen LogP contribution in [0.3, 0.4) is 0 Å². The van der Waals surface area contributed by atoms with Gasteiger partial charge in [-0.25, -0.2) is 4.39 Å². The zero-order valence-corrected chi connectivity index (χ0v) is 13.4. The van der Waals surface area contributed by atoms with Gasteiger partial charge in [0.25, 0.3) is 0 Å². The normalized spacial score (nSPS) is 17.4.